The average Bonchev–Trinajstić information content (AvgIpc) is 2.47. The van der Waals surface area contributed by atoms with Gasteiger partial charge in [-0.15, -0.1) is 0 Å². The molecule has 1 aliphatic rings. The maximum Gasteiger partial charge on any atom is 0.311 e. The van der Waals surface area contributed by atoms with Gasteiger partial charge in [-0.2, -0.15) is 0 Å². The summed E-state index contributed by atoms with van der Waals surface area (Å²) in [5.41, 5.74) is 0.00652. The van der Waals surface area contributed by atoms with E-state index in [-0.39, 0.29) is 17.6 Å². The van der Waals surface area contributed by atoms with Crippen LogP contribution in [0.2, 0.25) is 0 Å². The molecule has 22 heavy (non-hydrogen) atoms. The number of ether oxygens (including phenoxy) is 1. The Morgan fingerprint density at radius 3 is 2.77 bits per heavy atom. The number of carbonyl (C=O) groups is 1. The standard InChI is InChI=1S/C14H18BrN3O4/c1-2-22-13(19)9-10-5-7-17(8-6-10)14-11(18(20)21)3-4-12(15)16-14/h3-4,10H,2,5-9H2,1H3. The summed E-state index contributed by atoms with van der Waals surface area (Å²) in [6, 6.07) is 3.02. The van der Waals surface area contributed by atoms with Gasteiger partial charge in [0.2, 0.25) is 5.82 Å². The van der Waals surface area contributed by atoms with Gasteiger partial charge in [0.05, 0.1) is 11.5 Å². The largest absolute Gasteiger partial charge is 0.466 e. The van der Waals surface area contributed by atoms with Gasteiger partial charge in [0, 0.05) is 25.6 Å². The summed E-state index contributed by atoms with van der Waals surface area (Å²) in [6.07, 6.45) is 2.00. The number of nitrogens with zero attached hydrogens (tertiary/aromatic N) is 3. The van der Waals surface area contributed by atoms with E-state index in [1.165, 1.54) is 6.07 Å². The molecule has 1 fully saturated rings. The number of hydrogen-bond donors (Lipinski definition) is 0. The van der Waals surface area contributed by atoms with Crippen molar-refractivity contribution in [2.75, 3.05) is 24.6 Å². The average molecular weight is 372 g/mol. The predicted octanol–water partition coefficient (Wildman–Crippen LogP) is 2.92. The third-order valence-corrected chi connectivity index (χ3v) is 4.13. The summed E-state index contributed by atoms with van der Waals surface area (Å²) < 4.78 is 5.53. The number of anilines is 1. The first-order chi connectivity index (χ1) is 10.5. The smallest absolute Gasteiger partial charge is 0.311 e. The van der Waals surface area contributed by atoms with Gasteiger partial charge in [-0.3, -0.25) is 14.9 Å². The van der Waals surface area contributed by atoms with Crippen LogP contribution in [0.1, 0.15) is 26.2 Å². The summed E-state index contributed by atoms with van der Waals surface area (Å²) in [5.74, 6) is 0.475. The van der Waals surface area contributed by atoms with Crippen molar-refractivity contribution >= 4 is 33.4 Å². The molecule has 120 valence electrons. The first-order valence-corrected chi connectivity index (χ1v) is 8.02. The minimum Gasteiger partial charge on any atom is -0.466 e. The Labute approximate surface area is 136 Å². The lowest BCUT2D eigenvalue weighted by atomic mass is 9.93. The minimum atomic E-state index is -0.417. The molecule has 0 bridgehead atoms. The van der Waals surface area contributed by atoms with E-state index in [9.17, 15) is 14.9 Å². The van der Waals surface area contributed by atoms with Crippen molar-refractivity contribution in [3.8, 4) is 0 Å². The molecule has 1 aromatic heterocycles. The van der Waals surface area contributed by atoms with E-state index in [1.807, 2.05) is 4.90 Å². The summed E-state index contributed by atoms with van der Waals surface area (Å²) in [7, 11) is 0. The Bertz CT molecular complexity index is 559. The topological polar surface area (TPSA) is 85.6 Å². The highest BCUT2D eigenvalue weighted by atomic mass is 79.9. The Kier molecular flexibility index (Phi) is 5.70. The summed E-state index contributed by atoms with van der Waals surface area (Å²) in [4.78, 5) is 28.4. The lowest BCUT2D eigenvalue weighted by molar-refractivity contribution is -0.384. The van der Waals surface area contributed by atoms with E-state index in [0.717, 1.165) is 12.8 Å². The van der Waals surface area contributed by atoms with Crippen LogP contribution in [-0.2, 0) is 9.53 Å². The first kappa shape index (κ1) is 16.7. The van der Waals surface area contributed by atoms with Crippen molar-refractivity contribution in [3.63, 3.8) is 0 Å². The third-order valence-electron chi connectivity index (χ3n) is 3.69. The molecule has 1 saturated heterocycles. The third kappa shape index (κ3) is 4.16. The fraction of sp³-hybridized carbons (Fsp3) is 0.571. The molecule has 7 nitrogen and oxygen atoms in total. The van der Waals surface area contributed by atoms with E-state index in [1.54, 1.807) is 13.0 Å². The highest BCUT2D eigenvalue weighted by Crippen LogP contribution is 2.31. The van der Waals surface area contributed by atoms with Crippen LogP contribution in [0.4, 0.5) is 11.5 Å². The Hall–Kier alpha value is -1.70. The van der Waals surface area contributed by atoms with Crippen molar-refractivity contribution in [1.82, 2.24) is 4.98 Å². The van der Waals surface area contributed by atoms with Crippen LogP contribution >= 0.6 is 15.9 Å². The molecule has 2 heterocycles. The molecule has 0 saturated carbocycles. The molecule has 0 atom stereocenters. The molecule has 0 unspecified atom stereocenters. The Morgan fingerprint density at radius 1 is 1.50 bits per heavy atom. The maximum absolute atomic E-state index is 11.5. The minimum absolute atomic E-state index is 0.00652. The van der Waals surface area contributed by atoms with Gasteiger partial charge in [-0.1, -0.05) is 0 Å². The van der Waals surface area contributed by atoms with E-state index in [4.69, 9.17) is 4.74 Å². The summed E-state index contributed by atoms with van der Waals surface area (Å²) >= 11 is 3.25. The number of esters is 1. The fourth-order valence-corrected chi connectivity index (χ4v) is 2.90. The van der Waals surface area contributed by atoms with Crippen LogP contribution in [0.15, 0.2) is 16.7 Å². The number of piperidine rings is 1. The lowest BCUT2D eigenvalue weighted by Crippen LogP contribution is -2.35. The van der Waals surface area contributed by atoms with Crippen LogP contribution in [0.25, 0.3) is 0 Å². The number of pyridine rings is 1. The Balaban J connectivity index is 2.01. The monoisotopic (exact) mass is 371 g/mol. The quantitative estimate of drug-likeness (QED) is 0.342. The van der Waals surface area contributed by atoms with Crippen molar-refractivity contribution in [2.45, 2.75) is 26.2 Å². The van der Waals surface area contributed by atoms with Crippen LogP contribution in [-0.4, -0.2) is 35.6 Å². The van der Waals surface area contributed by atoms with Gasteiger partial charge in [-0.25, -0.2) is 4.98 Å². The molecule has 1 aliphatic heterocycles. The van der Waals surface area contributed by atoms with Gasteiger partial charge in [0.1, 0.15) is 4.60 Å². The summed E-state index contributed by atoms with van der Waals surface area (Å²) in [5, 5.41) is 11.1. The van der Waals surface area contributed by atoms with E-state index >= 15 is 0 Å². The second-order valence-electron chi connectivity index (χ2n) is 5.17. The lowest BCUT2D eigenvalue weighted by Gasteiger charge is -2.32. The normalized spacial score (nSPS) is 15.6. The van der Waals surface area contributed by atoms with Crippen molar-refractivity contribution in [1.29, 1.82) is 0 Å². The Morgan fingerprint density at radius 2 is 2.18 bits per heavy atom. The fourth-order valence-electron chi connectivity index (χ4n) is 2.60. The highest BCUT2D eigenvalue weighted by Gasteiger charge is 2.27. The van der Waals surface area contributed by atoms with Crippen LogP contribution in [0.5, 0.6) is 0 Å². The zero-order valence-corrected chi connectivity index (χ0v) is 13.9. The molecule has 0 N–H and O–H groups in total. The van der Waals surface area contributed by atoms with Crippen LogP contribution < -0.4 is 4.90 Å². The number of hydrogen-bond acceptors (Lipinski definition) is 6. The van der Waals surface area contributed by atoms with E-state index in [2.05, 4.69) is 20.9 Å². The van der Waals surface area contributed by atoms with Gasteiger partial charge in [0.25, 0.3) is 0 Å². The first-order valence-electron chi connectivity index (χ1n) is 7.22. The SMILES string of the molecule is CCOC(=O)CC1CCN(c2nc(Br)ccc2[N+](=O)[O-])CC1. The zero-order chi connectivity index (χ0) is 16.1. The van der Waals surface area contributed by atoms with Crippen molar-refractivity contribution < 1.29 is 14.5 Å². The molecular formula is C14H18BrN3O4. The van der Waals surface area contributed by atoms with Gasteiger partial charge in [0.15, 0.2) is 0 Å². The van der Waals surface area contributed by atoms with Gasteiger partial charge in [-0.05, 0) is 47.7 Å². The molecule has 0 amide bonds. The van der Waals surface area contributed by atoms with Crippen LogP contribution in [0, 0.1) is 16.0 Å². The second-order valence-corrected chi connectivity index (χ2v) is 5.99. The molecule has 0 spiro atoms. The molecule has 1 aromatic rings. The second kappa shape index (κ2) is 7.53. The maximum atomic E-state index is 11.5. The van der Waals surface area contributed by atoms with E-state index in [0.29, 0.717) is 36.5 Å². The number of aromatic nitrogens is 1. The molecule has 2 rings (SSSR count). The number of halogens is 1. The molecule has 0 radical (unpaired) electrons. The van der Waals surface area contributed by atoms with Gasteiger partial charge < -0.3 is 9.64 Å². The molecule has 8 heteroatoms. The number of carbonyl (C=O) groups excluding carboxylic acids is 1. The predicted molar refractivity (Wildman–Crippen MR) is 84.8 cm³/mol. The number of nitro groups is 1. The number of rotatable bonds is 5. The molecule has 0 aliphatic carbocycles. The van der Waals surface area contributed by atoms with Gasteiger partial charge >= 0.3 is 11.7 Å². The van der Waals surface area contributed by atoms with Crippen molar-refractivity contribution in [3.05, 3.63) is 26.9 Å². The van der Waals surface area contributed by atoms with E-state index < -0.39 is 4.92 Å². The zero-order valence-electron chi connectivity index (χ0n) is 12.3. The molecular weight excluding hydrogens is 354 g/mol. The van der Waals surface area contributed by atoms with Crippen molar-refractivity contribution in [2.24, 2.45) is 5.92 Å². The molecule has 0 aromatic carbocycles. The summed E-state index contributed by atoms with van der Waals surface area (Å²) in [6.45, 7) is 3.48. The highest BCUT2D eigenvalue weighted by molar-refractivity contribution is 9.10. The van der Waals surface area contributed by atoms with Crippen LogP contribution in [0.3, 0.4) is 0 Å².